The molecule has 2 aromatic heterocycles. The van der Waals surface area contributed by atoms with Gasteiger partial charge in [0.1, 0.15) is 5.82 Å². The Balaban J connectivity index is 1.82. The van der Waals surface area contributed by atoms with Crippen LogP contribution in [0, 0.1) is 6.92 Å². The van der Waals surface area contributed by atoms with E-state index in [1.165, 1.54) is 0 Å². The monoisotopic (exact) mass is 391 g/mol. The molecule has 5 nitrogen and oxygen atoms in total. The summed E-state index contributed by atoms with van der Waals surface area (Å²) >= 11 is 6.27. The van der Waals surface area contributed by atoms with Crippen molar-refractivity contribution in [3.8, 4) is 5.69 Å². The zero-order chi connectivity index (χ0) is 19.3. The van der Waals surface area contributed by atoms with Crippen molar-refractivity contribution in [2.75, 3.05) is 38.1 Å². The van der Waals surface area contributed by atoms with Gasteiger partial charge in [-0.15, -0.1) is 0 Å². The van der Waals surface area contributed by atoms with Crippen LogP contribution in [-0.4, -0.2) is 52.9 Å². The molecule has 0 atom stereocenters. The summed E-state index contributed by atoms with van der Waals surface area (Å²) in [6.45, 7) is 6.09. The van der Waals surface area contributed by atoms with Crippen molar-refractivity contribution in [1.82, 2.24) is 19.7 Å². The first kappa shape index (κ1) is 17.5. The number of likely N-dealkylation sites (N-methyl/N-ethyl adjacent to an activating group) is 1. The van der Waals surface area contributed by atoms with E-state index < -0.39 is 0 Å². The number of hydrogen-bond donors (Lipinski definition) is 0. The van der Waals surface area contributed by atoms with Gasteiger partial charge in [0.15, 0.2) is 0 Å². The third kappa shape index (κ3) is 2.82. The molecule has 0 unspecified atom stereocenters. The fraction of sp³-hybridized carbons (Fsp3) is 0.273. The summed E-state index contributed by atoms with van der Waals surface area (Å²) in [5.41, 5.74) is 4.04. The lowest BCUT2D eigenvalue weighted by Crippen LogP contribution is -2.44. The lowest BCUT2D eigenvalue weighted by Gasteiger charge is -2.33. The highest BCUT2D eigenvalue weighted by atomic mass is 35.5. The number of halogens is 1. The number of aryl methyl sites for hydroxylation is 1. The van der Waals surface area contributed by atoms with E-state index in [0.717, 1.165) is 65.2 Å². The van der Waals surface area contributed by atoms with Crippen molar-refractivity contribution in [3.05, 3.63) is 59.2 Å². The number of rotatable bonds is 2. The molecule has 0 bridgehead atoms. The van der Waals surface area contributed by atoms with Crippen LogP contribution in [0.15, 0.2) is 48.5 Å². The van der Waals surface area contributed by atoms with Gasteiger partial charge in [0.2, 0.25) is 0 Å². The molecule has 2 aromatic carbocycles. The smallest absolute Gasteiger partial charge is 0.140 e. The van der Waals surface area contributed by atoms with Gasteiger partial charge >= 0.3 is 0 Å². The average Bonchev–Trinajstić information content (AvgIpc) is 3.06. The largest absolute Gasteiger partial charge is 0.353 e. The van der Waals surface area contributed by atoms with Gasteiger partial charge < -0.3 is 9.80 Å². The van der Waals surface area contributed by atoms with Crippen LogP contribution in [0.25, 0.3) is 27.5 Å². The summed E-state index contributed by atoms with van der Waals surface area (Å²) in [4.78, 5) is 9.82. The van der Waals surface area contributed by atoms with Crippen molar-refractivity contribution >= 4 is 39.2 Å². The van der Waals surface area contributed by atoms with E-state index in [9.17, 15) is 0 Å². The van der Waals surface area contributed by atoms with Crippen molar-refractivity contribution in [2.45, 2.75) is 6.92 Å². The Hall–Kier alpha value is -2.63. The van der Waals surface area contributed by atoms with Crippen LogP contribution in [0.2, 0.25) is 5.02 Å². The molecule has 142 valence electrons. The molecular weight excluding hydrogens is 370 g/mol. The van der Waals surface area contributed by atoms with E-state index in [-0.39, 0.29) is 0 Å². The van der Waals surface area contributed by atoms with Crippen molar-refractivity contribution in [2.24, 2.45) is 0 Å². The third-order valence-electron chi connectivity index (χ3n) is 5.53. The van der Waals surface area contributed by atoms with E-state index in [1.807, 2.05) is 35.0 Å². The summed E-state index contributed by atoms with van der Waals surface area (Å²) in [5.74, 6) is 1.03. The molecule has 3 heterocycles. The van der Waals surface area contributed by atoms with Crippen LogP contribution in [0.3, 0.4) is 0 Å². The molecule has 0 saturated carbocycles. The number of pyridine rings is 1. The number of piperazine rings is 1. The molecule has 1 saturated heterocycles. The molecule has 6 heteroatoms. The normalized spacial score (nSPS) is 15.6. The van der Waals surface area contributed by atoms with Gasteiger partial charge in [0.05, 0.1) is 27.8 Å². The highest BCUT2D eigenvalue weighted by molar-refractivity contribution is 6.30. The van der Waals surface area contributed by atoms with Crippen LogP contribution < -0.4 is 4.90 Å². The number of fused-ring (bicyclic) bond motifs is 3. The molecule has 0 aliphatic carbocycles. The Kier molecular flexibility index (Phi) is 4.22. The minimum atomic E-state index is 0.705. The van der Waals surface area contributed by atoms with E-state index in [0.29, 0.717) is 5.02 Å². The van der Waals surface area contributed by atoms with Crippen LogP contribution in [-0.2, 0) is 0 Å². The molecule has 1 aliphatic rings. The van der Waals surface area contributed by atoms with Gasteiger partial charge in [-0.3, -0.25) is 0 Å². The fourth-order valence-electron chi connectivity index (χ4n) is 4.03. The van der Waals surface area contributed by atoms with E-state index >= 15 is 0 Å². The lowest BCUT2D eigenvalue weighted by molar-refractivity contribution is 0.312. The van der Waals surface area contributed by atoms with Crippen molar-refractivity contribution < 1.29 is 0 Å². The van der Waals surface area contributed by atoms with E-state index in [4.69, 9.17) is 21.7 Å². The zero-order valence-electron chi connectivity index (χ0n) is 16.1. The Bertz CT molecular complexity index is 1170. The van der Waals surface area contributed by atoms with E-state index in [2.05, 4.69) is 42.0 Å². The second-order valence-corrected chi connectivity index (χ2v) is 7.88. The van der Waals surface area contributed by atoms with E-state index in [1.54, 1.807) is 0 Å². The molecule has 4 aromatic rings. The maximum Gasteiger partial charge on any atom is 0.140 e. The van der Waals surface area contributed by atoms with Crippen LogP contribution in [0.5, 0.6) is 0 Å². The van der Waals surface area contributed by atoms with Gasteiger partial charge in [-0.25, -0.2) is 9.67 Å². The summed E-state index contributed by atoms with van der Waals surface area (Å²) in [5, 5.41) is 7.84. The average molecular weight is 392 g/mol. The number of benzene rings is 2. The summed E-state index contributed by atoms with van der Waals surface area (Å²) < 4.78 is 2.01. The molecule has 1 fully saturated rings. The third-order valence-corrected chi connectivity index (χ3v) is 5.76. The van der Waals surface area contributed by atoms with Gasteiger partial charge in [-0.05, 0) is 38.2 Å². The predicted molar refractivity (Wildman–Crippen MR) is 116 cm³/mol. The molecule has 0 radical (unpaired) electrons. The number of anilines is 1. The van der Waals surface area contributed by atoms with Gasteiger partial charge in [-0.2, -0.15) is 5.10 Å². The SMILES string of the molecule is Cc1nn(-c2cccc(Cl)c2)c2c1c(N1CCN(C)CC1)nc1ccccc12. The molecule has 1 aliphatic heterocycles. The van der Waals surface area contributed by atoms with Gasteiger partial charge in [0, 0.05) is 36.6 Å². The maximum atomic E-state index is 6.27. The Labute approximate surface area is 169 Å². The minimum absolute atomic E-state index is 0.705. The quantitative estimate of drug-likeness (QED) is 0.511. The minimum Gasteiger partial charge on any atom is -0.353 e. The number of nitrogens with zero attached hydrogens (tertiary/aromatic N) is 5. The van der Waals surface area contributed by atoms with Gasteiger partial charge in [0.25, 0.3) is 0 Å². The summed E-state index contributed by atoms with van der Waals surface area (Å²) in [6, 6.07) is 16.2. The number of para-hydroxylation sites is 1. The number of aromatic nitrogens is 3. The van der Waals surface area contributed by atoms with Crippen LogP contribution in [0.1, 0.15) is 5.69 Å². The topological polar surface area (TPSA) is 37.2 Å². The second-order valence-electron chi connectivity index (χ2n) is 7.44. The van der Waals surface area contributed by atoms with Crippen molar-refractivity contribution in [1.29, 1.82) is 0 Å². The highest BCUT2D eigenvalue weighted by Gasteiger charge is 2.23. The van der Waals surface area contributed by atoms with Crippen LogP contribution >= 0.6 is 11.6 Å². The Morgan fingerprint density at radius 3 is 2.54 bits per heavy atom. The van der Waals surface area contributed by atoms with Crippen LogP contribution in [0.4, 0.5) is 5.82 Å². The fourth-order valence-corrected chi connectivity index (χ4v) is 4.21. The first-order valence-corrected chi connectivity index (χ1v) is 9.97. The molecular formula is C22H22ClN5. The Morgan fingerprint density at radius 1 is 0.964 bits per heavy atom. The number of hydrogen-bond acceptors (Lipinski definition) is 4. The predicted octanol–water partition coefficient (Wildman–Crippen LogP) is 4.29. The molecule has 0 amide bonds. The zero-order valence-corrected chi connectivity index (χ0v) is 16.8. The molecule has 5 rings (SSSR count). The Morgan fingerprint density at radius 2 is 1.75 bits per heavy atom. The first-order valence-electron chi connectivity index (χ1n) is 9.59. The molecule has 0 N–H and O–H groups in total. The second kappa shape index (κ2) is 6.76. The van der Waals surface area contributed by atoms with Gasteiger partial charge in [-0.1, -0.05) is 35.9 Å². The highest BCUT2D eigenvalue weighted by Crippen LogP contribution is 2.35. The summed E-state index contributed by atoms with van der Waals surface area (Å²) in [6.07, 6.45) is 0. The van der Waals surface area contributed by atoms with Crippen molar-refractivity contribution in [3.63, 3.8) is 0 Å². The standard InChI is InChI=1S/C22H22ClN5/c1-15-20-21(28(25-15)17-7-5-6-16(23)14-17)18-8-3-4-9-19(18)24-22(20)27-12-10-26(2)11-13-27/h3-9,14H,10-13H2,1-2H3. The first-order chi connectivity index (χ1) is 13.6. The molecule has 0 spiro atoms. The molecule has 28 heavy (non-hydrogen) atoms. The lowest BCUT2D eigenvalue weighted by atomic mass is 10.1. The summed E-state index contributed by atoms with van der Waals surface area (Å²) in [7, 11) is 2.17. The maximum absolute atomic E-state index is 6.27.